The maximum Gasteiger partial charge on any atom is 0.238 e. The number of likely N-dealkylation sites (tertiary alicyclic amines) is 1. The summed E-state index contributed by atoms with van der Waals surface area (Å²) in [6, 6.07) is 3.35. The molecule has 6 heteroatoms. The lowest BCUT2D eigenvalue weighted by Crippen LogP contribution is -2.36. The van der Waals surface area contributed by atoms with Crippen molar-refractivity contribution in [1.82, 2.24) is 4.90 Å². The van der Waals surface area contributed by atoms with Gasteiger partial charge in [0.05, 0.1) is 6.54 Å². The Balaban J connectivity index is 0.00000180. The molecular formula is C13H17ClF2N2O. The van der Waals surface area contributed by atoms with Crippen LogP contribution in [0, 0.1) is 11.6 Å². The first-order valence-corrected chi connectivity index (χ1v) is 6.12. The summed E-state index contributed by atoms with van der Waals surface area (Å²) in [4.78, 5) is 13.8. The van der Waals surface area contributed by atoms with E-state index >= 15 is 0 Å². The monoisotopic (exact) mass is 290 g/mol. The van der Waals surface area contributed by atoms with Gasteiger partial charge in [-0.1, -0.05) is 6.42 Å². The van der Waals surface area contributed by atoms with Gasteiger partial charge in [0.2, 0.25) is 5.91 Å². The number of halogens is 3. The van der Waals surface area contributed by atoms with Crippen LogP contribution < -0.4 is 5.32 Å². The first-order chi connectivity index (χ1) is 8.65. The fourth-order valence-corrected chi connectivity index (χ4v) is 2.10. The predicted molar refractivity (Wildman–Crippen MR) is 72.5 cm³/mol. The van der Waals surface area contributed by atoms with Crippen LogP contribution in [0.3, 0.4) is 0 Å². The van der Waals surface area contributed by atoms with Crippen molar-refractivity contribution in [3.8, 4) is 0 Å². The second-order valence-electron chi connectivity index (χ2n) is 4.51. The summed E-state index contributed by atoms with van der Waals surface area (Å²) in [5.41, 5.74) is 0.288. The van der Waals surface area contributed by atoms with Crippen LogP contribution >= 0.6 is 12.4 Å². The summed E-state index contributed by atoms with van der Waals surface area (Å²) in [5.74, 6) is -2.06. The molecule has 1 aliphatic rings. The number of benzene rings is 1. The fourth-order valence-electron chi connectivity index (χ4n) is 2.10. The van der Waals surface area contributed by atoms with Gasteiger partial charge in [-0.3, -0.25) is 9.69 Å². The van der Waals surface area contributed by atoms with Crippen LogP contribution in [0.1, 0.15) is 19.3 Å². The lowest BCUT2D eigenvalue weighted by molar-refractivity contribution is -0.117. The van der Waals surface area contributed by atoms with Crippen LogP contribution in [0.25, 0.3) is 0 Å². The summed E-state index contributed by atoms with van der Waals surface area (Å²) in [6.45, 7) is 2.15. The van der Waals surface area contributed by atoms with Gasteiger partial charge in [0.1, 0.15) is 0 Å². The van der Waals surface area contributed by atoms with E-state index in [0.29, 0.717) is 6.54 Å². The van der Waals surface area contributed by atoms with E-state index in [1.807, 2.05) is 0 Å². The van der Waals surface area contributed by atoms with Crippen LogP contribution in [0.15, 0.2) is 18.2 Å². The second-order valence-corrected chi connectivity index (χ2v) is 4.51. The quantitative estimate of drug-likeness (QED) is 0.928. The van der Waals surface area contributed by atoms with Gasteiger partial charge in [-0.15, -0.1) is 12.4 Å². The van der Waals surface area contributed by atoms with E-state index in [0.717, 1.165) is 38.1 Å². The Bertz CT molecular complexity index is 437. The van der Waals surface area contributed by atoms with Crippen LogP contribution in [0.2, 0.25) is 0 Å². The van der Waals surface area contributed by atoms with E-state index < -0.39 is 11.6 Å². The van der Waals surface area contributed by atoms with E-state index in [9.17, 15) is 13.6 Å². The summed E-state index contributed by atoms with van der Waals surface area (Å²) < 4.78 is 25.7. The topological polar surface area (TPSA) is 32.3 Å². The molecule has 2 rings (SSSR count). The number of carbonyl (C=O) groups excluding carboxylic acids is 1. The zero-order valence-electron chi connectivity index (χ0n) is 10.5. The average Bonchev–Trinajstić information content (AvgIpc) is 2.35. The summed E-state index contributed by atoms with van der Waals surface area (Å²) >= 11 is 0. The van der Waals surface area contributed by atoms with Gasteiger partial charge >= 0.3 is 0 Å². The third-order valence-electron chi connectivity index (χ3n) is 3.02. The largest absolute Gasteiger partial charge is 0.325 e. The van der Waals surface area contributed by atoms with Crippen LogP contribution in [0.5, 0.6) is 0 Å². The molecule has 0 saturated carbocycles. The molecule has 1 aromatic rings. The Morgan fingerprint density at radius 1 is 1.16 bits per heavy atom. The van der Waals surface area contributed by atoms with E-state index in [2.05, 4.69) is 10.2 Å². The highest BCUT2D eigenvalue weighted by Gasteiger charge is 2.14. The highest BCUT2D eigenvalue weighted by molar-refractivity contribution is 5.92. The minimum Gasteiger partial charge on any atom is -0.325 e. The number of hydrogen-bond acceptors (Lipinski definition) is 2. The first kappa shape index (κ1) is 15.9. The Morgan fingerprint density at radius 3 is 2.47 bits per heavy atom. The van der Waals surface area contributed by atoms with Crippen molar-refractivity contribution in [2.45, 2.75) is 19.3 Å². The predicted octanol–water partition coefficient (Wildman–Crippen LogP) is 2.81. The average molecular weight is 291 g/mol. The van der Waals surface area contributed by atoms with Gasteiger partial charge in [-0.2, -0.15) is 0 Å². The van der Waals surface area contributed by atoms with E-state index in [1.165, 1.54) is 12.5 Å². The molecule has 1 fully saturated rings. The van der Waals surface area contributed by atoms with E-state index in [-0.39, 0.29) is 24.0 Å². The molecule has 0 atom stereocenters. The lowest BCUT2D eigenvalue weighted by atomic mass is 10.1. The Kier molecular flexibility index (Phi) is 6.18. The molecule has 0 bridgehead atoms. The third kappa shape index (κ3) is 4.76. The minimum atomic E-state index is -0.953. The summed E-state index contributed by atoms with van der Waals surface area (Å²) in [7, 11) is 0. The molecule has 1 heterocycles. The number of piperidine rings is 1. The molecule has 0 radical (unpaired) electrons. The highest BCUT2D eigenvalue weighted by atomic mass is 35.5. The molecule has 0 unspecified atom stereocenters. The molecule has 0 aromatic heterocycles. The maximum atomic E-state index is 13.0. The van der Waals surface area contributed by atoms with Crippen LogP contribution in [0.4, 0.5) is 14.5 Å². The van der Waals surface area contributed by atoms with Crippen molar-refractivity contribution in [3.05, 3.63) is 29.8 Å². The van der Waals surface area contributed by atoms with E-state index in [4.69, 9.17) is 0 Å². The molecule has 1 aromatic carbocycles. The van der Waals surface area contributed by atoms with Crippen molar-refractivity contribution in [1.29, 1.82) is 0 Å². The lowest BCUT2D eigenvalue weighted by Gasteiger charge is -2.25. The zero-order valence-corrected chi connectivity index (χ0v) is 11.3. The molecule has 0 spiro atoms. The third-order valence-corrected chi connectivity index (χ3v) is 3.02. The van der Waals surface area contributed by atoms with Crippen molar-refractivity contribution in [3.63, 3.8) is 0 Å². The number of carbonyl (C=O) groups is 1. The molecule has 3 nitrogen and oxygen atoms in total. The fraction of sp³-hybridized carbons (Fsp3) is 0.462. The van der Waals surface area contributed by atoms with Gasteiger partial charge in [0.15, 0.2) is 11.6 Å². The van der Waals surface area contributed by atoms with E-state index in [1.54, 1.807) is 0 Å². The molecular weight excluding hydrogens is 274 g/mol. The first-order valence-electron chi connectivity index (χ1n) is 6.12. The van der Waals surface area contributed by atoms with Crippen LogP contribution in [-0.4, -0.2) is 30.4 Å². The molecule has 106 valence electrons. The molecule has 1 amide bonds. The molecule has 1 aliphatic heterocycles. The number of rotatable bonds is 3. The minimum absolute atomic E-state index is 0. The zero-order chi connectivity index (χ0) is 13.0. The Morgan fingerprint density at radius 2 is 1.84 bits per heavy atom. The number of anilines is 1. The van der Waals surface area contributed by atoms with Gasteiger partial charge < -0.3 is 5.32 Å². The van der Waals surface area contributed by atoms with Gasteiger partial charge in [-0.05, 0) is 38.1 Å². The van der Waals surface area contributed by atoms with Crippen molar-refractivity contribution in [2.24, 2.45) is 0 Å². The highest BCUT2D eigenvalue weighted by Crippen LogP contribution is 2.13. The number of nitrogens with one attached hydrogen (secondary N) is 1. The molecule has 1 N–H and O–H groups in total. The molecule has 1 saturated heterocycles. The SMILES string of the molecule is Cl.O=C(CN1CCCCC1)Nc1ccc(F)c(F)c1. The van der Waals surface area contributed by atoms with Gasteiger partial charge in [0, 0.05) is 11.8 Å². The summed E-state index contributed by atoms with van der Waals surface area (Å²) in [5, 5.41) is 2.57. The van der Waals surface area contributed by atoms with Crippen molar-refractivity contribution in [2.75, 3.05) is 25.0 Å². The number of hydrogen-bond donors (Lipinski definition) is 1. The van der Waals surface area contributed by atoms with Crippen molar-refractivity contribution < 1.29 is 13.6 Å². The normalized spacial score (nSPS) is 15.7. The Labute approximate surface area is 117 Å². The van der Waals surface area contributed by atoms with Crippen molar-refractivity contribution >= 4 is 24.0 Å². The molecule has 19 heavy (non-hydrogen) atoms. The summed E-state index contributed by atoms with van der Waals surface area (Å²) in [6.07, 6.45) is 3.43. The van der Waals surface area contributed by atoms with Gasteiger partial charge in [-0.25, -0.2) is 8.78 Å². The number of nitrogens with zero attached hydrogens (tertiary/aromatic N) is 1. The number of amides is 1. The van der Waals surface area contributed by atoms with Crippen LogP contribution in [-0.2, 0) is 4.79 Å². The molecule has 0 aliphatic carbocycles. The smallest absolute Gasteiger partial charge is 0.238 e. The standard InChI is InChI=1S/C13H16F2N2O.ClH/c14-11-5-4-10(8-12(11)15)16-13(18)9-17-6-2-1-3-7-17;/h4-5,8H,1-3,6-7,9H2,(H,16,18);1H. The second kappa shape index (κ2) is 7.40. The van der Waals surface area contributed by atoms with Gasteiger partial charge in [0.25, 0.3) is 0 Å². The maximum absolute atomic E-state index is 13.0. The Hall–Kier alpha value is -1.20.